The highest BCUT2D eigenvalue weighted by molar-refractivity contribution is 8.00. The SMILES string of the molecule is CC(=O)OCC1=C(C(=O)OC(c2ccccc2)c2ccccc2)N2C(=O)[C@@H](Nc3ncc(C(C)=O)s3)[C@H]2SC1. The molecule has 2 aromatic carbocycles. The van der Waals surface area contributed by atoms with Crippen LogP contribution >= 0.6 is 23.1 Å². The Morgan fingerprint density at radius 3 is 2.26 bits per heavy atom. The van der Waals surface area contributed by atoms with Crippen LogP contribution in [0.2, 0.25) is 0 Å². The minimum absolute atomic E-state index is 0.0866. The highest BCUT2D eigenvalue weighted by Crippen LogP contribution is 2.43. The third-order valence-corrected chi connectivity index (χ3v) is 8.62. The number of hydrogen-bond donors (Lipinski definition) is 1. The van der Waals surface area contributed by atoms with Gasteiger partial charge in [0.15, 0.2) is 17.0 Å². The lowest BCUT2D eigenvalue weighted by Crippen LogP contribution is -2.67. The van der Waals surface area contributed by atoms with Crippen molar-refractivity contribution in [3.63, 3.8) is 0 Å². The van der Waals surface area contributed by atoms with Gasteiger partial charge in [0.25, 0.3) is 5.91 Å². The Bertz CT molecular complexity index is 1400. The van der Waals surface area contributed by atoms with Crippen LogP contribution in [0.25, 0.3) is 0 Å². The second kappa shape index (κ2) is 11.4. The van der Waals surface area contributed by atoms with Crippen LogP contribution in [0, 0.1) is 0 Å². The number of carbonyl (C=O) groups excluding carboxylic acids is 4. The Balaban J connectivity index is 1.43. The van der Waals surface area contributed by atoms with Gasteiger partial charge in [0.2, 0.25) is 0 Å². The van der Waals surface area contributed by atoms with E-state index in [1.54, 1.807) is 0 Å². The van der Waals surface area contributed by atoms with Gasteiger partial charge in [-0.05, 0) is 11.1 Å². The number of carbonyl (C=O) groups is 4. The molecular weight excluding hydrogens is 538 g/mol. The molecule has 1 N–H and O–H groups in total. The van der Waals surface area contributed by atoms with Crippen LogP contribution in [0.15, 0.2) is 78.1 Å². The van der Waals surface area contributed by atoms with Crippen LogP contribution < -0.4 is 5.32 Å². The number of thiazole rings is 1. The number of ketones is 1. The van der Waals surface area contributed by atoms with Gasteiger partial charge in [0, 0.05) is 25.2 Å². The zero-order valence-corrected chi connectivity index (χ0v) is 22.8. The molecule has 1 aromatic heterocycles. The summed E-state index contributed by atoms with van der Waals surface area (Å²) < 4.78 is 11.3. The van der Waals surface area contributed by atoms with Crippen LogP contribution in [-0.4, -0.2) is 57.3 Å². The van der Waals surface area contributed by atoms with Crippen LogP contribution in [-0.2, 0) is 23.9 Å². The summed E-state index contributed by atoms with van der Waals surface area (Å²) in [6.45, 7) is 2.61. The summed E-state index contributed by atoms with van der Waals surface area (Å²) in [6.07, 6.45) is 0.762. The number of aromatic nitrogens is 1. The third-order valence-electron chi connectivity index (χ3n) is 6.25. The van der Waals surface area contributed by atoms with Gasteiger partial charge in [0.05, 0.1) is 11.1 Å². The molecule has 1 saturated heterocycles. The lowest BCUT2D eigenvalue weighted by atomic mass is 10.0. The molecular formula is C28H25N3O6S2. The quantitative estimate of drug-likeness (QED) is 0.232. The second-order valence-electron chi connectivity index (χ2n) is 8.96. The van der Waals surface area contributed by atoms with Gasteiger partial charge in [-0.2, -0.15) is 0 Å². The zero-order valence-electron chi connectivity index (χ0n) is 21.2. The molecule has 0 saturated carbocycles. The maximum absolute atomic E-state index is 13.8. The molecule has 9 nitrogen and oxygen atoms in total. The number of benzene rings is 2. The smallest absolute Gasteiger partial charge is 0.356 e. The van der Waals surface area contributed by atoms with E-state index >= 15 is 0 Å². The molecule has 0 aliphatic carbocycles. The molecule has 1 fully saturated rings. The molecule has 5 rings (SSSR count). The Morgan fingerprint density at radius 2 is 1.69 bits per heavy atom. The van der Waals surface area contributed by atoms with Crippen molar-refractivity contribution >= 4 is 51.9 Å². The fourth-order valence-corrected chi connectivity index (χ4v) is 6.43. The Labute approximate surface area is 233 Å². The normalized spacial score (nSPS) is 18.3. The summed E-state index contributed by atoms with van der Waals surface area (Å²) in [5.41, 5.74) is 2.14. The first-order valence-corrected chi connectivity index (χ1v) is 14.0. The fraction of sp³-hybridized carbons (Fsp3) is 0.250. The predicted octanol–water partition coefficient (Wildman–Crippen LogP) is 4.19. The monoisotopic (exact) mass is 563 g/mol. The van der Waals surface area contributed by atoms with Crippen LogP contribution in [0.4, 0.5) is 5.13 Å². The second-order valence-corrected chi connectivity index (χ2v) is 11.1. The number of hydrogen-bond acceptors (Lipinski definition) is 10. The van der Waals surface area contributed by atoms with Gasteiger partial charge in [-0.3, -0.25) is 19.3 Å². The molecule has 0 radical (unpaired) electrons. The number of amides is 1. The lowest BCUT2D eigenvalue weighted by molar-refractivity contribution is -0.152. The van der Waals surface area contributed by atoms with Gasteiger partial charge >= 0.3 is 11.9 Å². The van der Waals surface area contributed by atoms with Crippen molar-refractivity contribution < 1.29 is 28.7 Å². The Hall–Kier alpha value is -3.96. The summed E-state index contributed by atoms with van der Waals surface area (Å²) in [4.78, 5) is 56.5. The number of rotatable bonds is 9. The van der Waals surface area contributed by atoms with Crippen molar-refractivity contribution in [2.45, 2.75) is 31.4 Å². The number of nitrogens with zero attached hydrogens (tertiary/aromatic N) is 2. The number of ether oxygens (including phenoxy) is 2. The first-order valence-electron chi connectivity index (χ1n) is 12.2. The topological polar surface area (TPSA) is 115 Å². The molecule has 2 aliphatic rings. The van der Waals surface area contributed by atoms with E-state index in [0.717, 1.165) is 11.1 Å². The molecule has 2 aliphatic heterocycles. The van der Waals surface area contributed by atoms with Crippen molar-refractivity contribution in [1.82, 2.24) is 9.88 Å². The first kappa shape index (κ1) is 26.6. The highest BCUT2D eigenvalue weighted by Gasteiger charge is 2.54. The molecule has 200 valence electrons. The summed E-state index contributed by atoms with van der Waals surface area (Å²) in [6, 6.07) is 18.1. The molecule has 2 atom stereocenters. The number of β-lactam (4-membered cyclic amide) rings is 1. The Kier molecular flexibility index (Phi) is 7.80. The van der Waals surface area contributed by atoms with Gasteiger partial charge in [-0.25, -0.2) is 9.78 Å². The number of anilines is 1. The standard InChI is InChI=1S/C28H25N3O6S2/c1-16(32)21-13-29-28(39-21)30-22-25(34)31-23(20(14-36-17(2)33)15-38-26(22)31)27(35)37-24(18-9-5-3-6-10-18)19-11-7-4-8-12-19/h3-13,22,24,26H,14-15H2,1-2H3,(H,29,30)/t22-,26-/m1/s1. The molecule has 0 spiro atoms. The summed E-state index contributed by atoms with van der Waals surface area (Å²) in [5, 5.41) is 3.15. The molecule has 39 heavy (non-hydrogen) atoms. The van der Waals surface area contributed by atoms with Crippen molar-refractivity contribution in [1.29, 1.82) is 0 Å². The Morgan fingerprint density at radius 1 is 1.05 bits per heavy atom. The maximum Gasteiger partial charge on any atom is 0.356 e. The molecule has 3 heterocycles. The number of esters is 2. The molecule has 11 heteroatoms. The van der Waals surface area contributed by atoms with Crippen molar-refractivity contribution in [3.05, 3.63) is 94.1 Å². The largest absolute Gasteiger partial charge is 0.461 e. The van der Waals surface area contributed by atoms with E-state index in [2.05, 4.69) is 10.3 Å². The van der Waals surface area contributed by atoms with Crippen molar-refractivity contribution in [2.24, 2.45) is 0 Å². The van der Waals surface area contributed by atoms with Crippen molar-refractivity contribution in [3.8, 4) is 0 Å². The van der Waals surface area contributed by atoms with E-state index in [-0.39, 0.29) is 24.0 Å². The third kappa shape index (κ3) is 5.59. The predicted molar refractivity (Wildman–Crippen MR) is 147 cm³/mol. The molecule has 0 unspecified atom stereocenters. The summed E-state index contributed by atoms with van der Waals surface area (Å²) in [7, 11) is 0. The van der Waals surface area contributed by atoms with E-state index < -0.39 is 29.5 Å². The van der Waals surface area contributed by atoms with Gasteiger partial charge in [0.1, 0.15) is 23.7 Å². The lowest BCUT2D eigenvalue weighted by Gasteiger charge is -2.49. The summed E-state index contributed by atoms with van der Waals surface area (Å²) in [5.74, 6) is -1.26. The number of nitrogens with one attached hydrogen (secondary N) is 1. The van der Waals surface area contributed by atoms with E-state index in [9.17, 15) is 19.2 Å². The van der Waals surface area contributed by atoms with Crippen LogP contribution in [0.3, 0.4) is 0 Å². The van der Waals surface area contributed by atoms with Gasteiger partial charge < -0.3 is 14.8 Å². The van der Waals surface area contributed by atoms with E-state index in [4.69, 9.17) is 9.47 Å². The van der Waals surface area contributed by atoms with Crippen LogP contribution in [0.5, 0.6) is 0 Å². The first-order chi connectivity index (χ1) is 18.8. The highest BCUT2D eigenvalue weighted by atomic mass is 32.2. The average molecular weight is 564 g/mol. The van der Waals surface area contributed by atoms with Crippen molar-refractivity contribution in [2.75, 3.05) is 17.7 Å². The number of Topliss-reactive ketones (excluding diaryl/α,β-unsaturated/α-hetero) is 1. The molecule has 0 bridgehead atoms. The number of thioether (sulfide) groups is 1. The van der Waals surface area contributed by atoms with E-state index in [1.807, 2.05) is 60.7 Å². The van der Waals surface area contributed by atoms with Gasteiger partial charge in [-0.1, -0.05) is 72.0 Å². The molecule has 3 aromatic rings. The number of fused-ring (bicyclic) bond motifs is 1. The van der Waals surface area contributed by atoms with E-state index in [0.29, 0.717) is 21.3 Å². The minimum atomic E-state index is -0.707. The maximum atomic E-state index is 13.8. The zero-order chi connectivity index (χ0) is 27.5. The van der Waals surface area contributed by atoms with E-state index in [1.165, 1.54) is 48.0 Å². The van der Waals surface area contributed by atoms with Gasteiger partial charge in [-0.15, -0.1) is 11.8 Å². The average Bonchev–Trinajstić information content (AvgIpc) is 3.43. The molecule has 1 amide bonds. The van der Waals surface area contributed by atoms with Crippen LogP contribution in [0.1, 0.15) is 40.8 Å². The summed E-state index contributed by atoms with van der Waals surface area (Å²) >= 11 is 2.62. The minimum Gasteiger partial charge on any atom is -0.461 e. The fourth-order valence-electron chi connectivity index (χ4n) is 4.36.